The highest BCUT2D eigenvalue weighted by atomic mass is 35.5. The van der Waals surface area contributed by atoms with Crippen LogP contribution < -0.4 is 5.32 Å². The molecule has 6 nitrogen and oxygen atoms in total. The third kappa shape index (κ3) is 2.80. The van der Waals surface area contributed by atoms with E-state index in [0.717, 1.165) is 25.7 Å². The van der Waals surface area contributed by atoms with Crippen LogP contribution in [-0.4, -0.2) is 21.0 Å². The second-order valence-electron chi connectivity index (χ2n) is 5.38. The number of amides is 1. The van der Waals surface area contributed by atoms with Gasteiger partial charge in [-0.15, -0.1) is 0 Å². The Kier molecular flexibility index (Phi) is 4.06. The van der Waals surface area contributed by atoms with Crippen LogP contribution >= 0.6 is 23.2 Å². The van der Waals surface area contributed by atoms with E-state index in [9.17, 15) is 4.79 Å². The van der Waals surface area contributed by atoms with Gasteiger partial charge < -0.3 is 9.84 Å². The van der Waals surface area contributed by atoms with Crippen molar-refractivity contribution in [3.05, 3.63) is 39.7 Å². The Morgan fingerprint density at radius 3 is 2.68 bits per heavy atom. The predicted octanol–water partition coefficient (Wildman–Crippen LogP) is 3.28. The van der Waals surface area contributed by atoms with Crippen molar-refractivity contribution in [3.8, 4) is 0 Å². The van der Waals surface area contributed by atoms with Crippen LogP contribution in [0.2, 0.25) is 10.2 Å². The summed E-state index contributed by atoms with van der Waals surface area (Å²) in [7, 11) is 0. The quantitative estimate of drug-likeness (QED) is 0.867. The van der Waals surface area contributed by atoms with Crippen LogP contribution in [0.4, 0.5) is 0 Å². The molecule has 0 atom stereocenters. The van der Waals surface area contributed by atoms with Crippen molar-refractivity contribution in [1.29, 1.82) is 0 Å². The number of halogens is 2. The number of aryl methyl sites for hydroxylation is 1. The standard InChI is InChI=1S/C14H14Cl2N4O2/c1-8-18-13(20-22-8)14(4-2-3-5-14)19-12(21)9-6-10(15)11(16)17-7-9/h6-7H,2-5H2,1H3,(H,19,21). The Balaban J connectivity index is 1.88. The summed E-state index contributed by atoms with van der Waals surface area (Å²) < 4.78 is 5.06. The predicted molar refractivity (Wildman–Crippen MR) is 80.9 cm³/mol. The van der Waals surface area contributed by atoms with Crippen molar-refractivity contribution in [1.82, 2.24) is 20.4 Å². The van der Waals surface area contributed by atoms with E-state index in [1.54, 1.807) is 6.92 Å². The van der Waals surface area contributed by atoms with E-state index in [4.69, 9.17) is 27.7 Å². The molecular formula is C14H14Cl2N4O2. The van der Waals surface area contributed by atoms with Crippen LogP contribution in [-0.2, 0) is 5.54 Å². The minimum absolute atomic E-state index is 0.169. The molecule has 0 bridgehead atoms. The molecule has 3 rings (SSSR count). The van der Waals surface area contributed by atoms with Gasteiger partial charge >= 0.3 is 0 Å². The third-order valence-electron chi connectivity index (χ3n) is 3.82. The molecule has 1 saturated carbocycles. The van der Waals surface area contributed by atoms with Gasteiger partial charge in [-0.1, -0.05) is 41.2 Å². The summed E-state index contributed by atoms with van der Waals surface area (Å²) in [6.07, 6.45) is 4.92. The summed E-state index contributed by atoms with van der Waals surface area (Å²) in [4.78, 5) is 20.7. The highest BCUT2D eigenvalue weighted by Crippen LogP contribution is 2.37. The fourth-order valence-corrected chi connectivity index (χ4v) is 2.98. The van der Waals surface area contributed by atoms with Gasteiger partial charge in [0.25, 0.3) is 5.91 Å². The zero-order chi connectivity index (χ0) is 15.7. The fraction of sp³-hybridized carbons (Fsp3) is 0.429. The van der Waals surface area contributed by atoms with E-state index in [2.05, 4.69) is 20.4 Å². The molecule has 1 amide bonds. The van der Waals surface area contributed by atoms with Crippen LogP contribution in [0, 0.1) is 6.92 Å². The maximum absolute atomic E-state index is 12.5. The molecule has 8 heteroatoms. The molecule has 0 saturated heterocycles. The lowest BCUT2D eigenvalue weighted by Crippen LogP contribution is -2.44. The molecule has 0 spiro atoms. The summed E-state index contributed by atoms with van der Waals surface area (Å²) in [5.74, 6) is 0.714. The Hall–Kier alpha value is -1.66. The van der Waals surface area contributed by atoms with Crippen molar-refractivity contribution in [2.75, 3.05) is 0 Å². The summed E-state index contributed by atoms with van der Waals surface area (Å²) in [6.45, 7) is 1.73. The van der Waals surface area contributed by atoms with Gasteiger partial charge in [0.05, 0.1) is 10.6 Å². The molecular weight excluding hydrogens is 327 g/mol. The van der Waals surface area contributed by atoms with E-state index in [0.29, 0.717) is 17.3 Å². The van der Waals surface area contributed by atoms with Crippen molar-refractivity contribution in [3.63, 3.8) is 0 Å². The molecule has 1 N–H and O–H groups in total. The lowest BCUT2D eigenvalue weighted by atomic mass is 9.96. The van der Waals surface area contributed by atoms with Crippen molar-refractivity contribution >= 4 is 29.1 Å². The van der Waals surface area contributed by atoms with Gasteiger partial charge in [0, 0.05) is 13.1 Å². The number of pyridine rings is 1. The van der Waals surface area contributed by atoms with Gasteiger partial charge in [0.15, 0.2) is 5.82 Å². The third-order valence-corrected chi connectivity index (χ3v) is 4.51. The highest BCUT2D eigenvalue weighted by Gasteiger charge is 2.41. The average molecular weight is 341 g/mol. The molecule has 2 aromatic heterocycles. The normalized spacial score (nSPS) is 16.7. The lowest BCUT2D eigenvalue weighted by Gasteiger charge is -2.26. The van der Waals surface area contributed by atoms with Crippen LogP contribution in [0.1, 0.15) is 47.8 Å². The number of nitrogens with zero attached hydrogens (tertiary/aromatic N) is 3. The van der Waals surface area contributed by atoms with Crippen LogP contribution in [0.25, 0.3) is 0 Å². The summed E-state index contributed by atoms with van der Waals surface area (Å²) in [5, 5.41) is 7.41. The van der Waals surface area contributed by atoms with Crippen molar-refractivity contribution < 1.29 is 9.32 Å². The molecule has 0 aliphatic heterocycles. The average Bonchev–Trinajstić information content (AvgIpc) is 3.12. The van der Waals surface area contributed by atoms with Gasteiger partial charge in [-0.2, -0.15) is 4.98 Å². The van der Waals surface area contributed by atoms with Crippen molar-refractivity contribution in [2.45, 2.75) is 38.1 Å². The first-order valence-electron chi connectivity index (χ1n) is 6.94. The van der Waals surface area contributed by atoms with Gasteiger partial charge in [-0.3, -0.25) is 4.79 Å². The van der Waals surface area contributed by atoms with Gasteiger partial charge in [-0.05, 0) is 18.9 Å². The number of rotatable bonds is 3. The zero-order valence-electron chi connectivity index (χ0n) is 11.9. The van der Waals surface area contributed by atoms with Crippen LogP contribution in [0.15, 0.2) is 16.8 Å². The Morgan fingerprint density at radius 2 is 2.09 bits per heavy atom. The summed E-state index contributed by atoms with van der Waals surface area (Å²) in [5.41, 5.74) is -0.248. The van der Waals surface area contributed by atoms with E-state index in [-0.39, 0.29) is 16.1 Å². The van der Waals surface area contributed by atoms with Crippen molar-refractivity contribution in [2.24, 2.45) is 0 Å². The Labute approximate surface area is 137 Å². The highest BCUT2D eigenvalue weighted by molar-refractivity contribution is 6.41. The molecule has 1 fully saturated rings. The molecule has 1 aliphatic carbocycles. The van der Waals surface area contributed by atoms with E-state index >= 15 is 0 Å². The maximum atomic E-state index is 12.5. The van der Waals surface area contributed by atoms with E-state index in [1.807, 2.05) is 0 Å². The van der Waals surface area contributed by atoms with Gasteiger partial charge in [-0.25, -0.2) is 4.98 Å². The molecule has 22 heavy (non-hydrogen) atoms. The van der Waals surface area contributed by atoms with Crippen LogP contribution in [0.3, 0.4) is 0 Å². The monoisotopic (exact) mass is 340 g/mol. The minimum atomic E-state index is -0.596. The number of nitrogens with one attached hydrogen (secondary N) is 1. The second kappa shape index (κ2) is 5.85. The number of hydrogen-bond donors (Lipinski definition) is 1. The summed E-state index contributed by atoms with van der Waals surface area (Å²) in [6, 6.07) is 1.50. The zero-order valence-corrected chi connectivity index (χ0v) is 13.4. The van der Waals surface area contributed by atoms with Gasteiger partial charge in [0.1, 0.15) is 10.7 Å². The largest absolute Gasteiger partial charge is 0.340 e. The molecule has 2 aromatic rings. The van der Waals surface area contributed by atoms with Gasteiger partial charge in [0.2, 0.25) is 5.89 Å². The summed E-state index contributed by atoms with van der Waals surface area (Å²) >= 11 is 11.7. The number of hydrogen-bond acceptors (Lipinski definition) is 5. The minimum Gasteiger partial charge on any atom is -0.340 e. The smallest absolute Gasteiger partial charge is 0.253 e. The molecule has 2 heterocycles. The van der Waals surface area contributed by atoms with Crippen LogP contribution in [0.5, 0.6) is 0 Å². The topological polar surface area (TPSA) is 80.9 Å². The number of carbonyl (C=O) groups excluding carboxylic acids is 1. The second-order valence-corrected chi connectivity index (χ2v) is 6.14. The number of aromatic nitrogens is 3. The fourth-order valence-electron chi connectivity index (χ4n) is 2.71. The van der Waals surface area contributed by atoms with E-state index < -0.39 is 5.54 Å². The Morgan fingerprint density at radius 1 is 1.36 bits per heavy atom. The first-order valence-corrected chi connectivity index (χ1v) is 7.70. The molecule has 1 aliphatic rings. The maximum Gasteiger partial charge on any atom is 0.253 e. The molecule has 0 aromatic carbocycles. The first kappa shape index (κ1) is 15.2. The number of carbonyl (C=O) groups is 1. The molecule has 0 radical (unpaired) electrons. The van der Waals surface area contributed by atoms with E-state index in [1.165, 1.54) is 12.3 Å². The lowest BCUT2D eigenvalue weighted by molar-refractivity contribution is 0.0891. The molecule has 116 valence electrons. The SMILES string of the molecule is Cc1nc(C2(NC(=O)c3cnc(Cl)c(Cl)c3)CCCC2)no1. The first-order chi connectivity index (χ1) is 10.5. The Bertz CT molecular complexity index is 711. The molecule has 0 unspecified atom stereocenters.